The molecule has 44 heavy (non-hydrogen) atoms. The van der Waals surface area contributed by atoms with E-state index in [2.05, 4.69) is 35.2 Å². The summed E-state index contributed by atoms with van der Waals surface area (Å²) < 4.78 is 101. The first-order valence-corrected chi connectivity index (χ1v) is 15.5. The largest absolute Gasteiger partial charge is 0.472 e. The second kappa shape index (κ2) is 10.5. The standard InChI is InChI=1S/C19H20F2N11O10PS/c20-8-12-6(39-18(8)31-5-27-10-14(22)23-3-24-15(10)31)1-28-44(36,37)42-13-7(2-38-43(34,35)41-12)40-19(9(13)21)32-16-11(29-30-32)17(33)26-4-25-16/h3-9,12-13,18-19,28H,1-2H2,(H,34,35)(H2,22,23,24)(H,25,26,33)/t6-,7-,8-,9+,12-,13-,18-,19-/m1/s1. The molecule has 0 aliphatic carbocycles. The molecule has 0 spiro atoms. The third-order valence-electron chi connectivity index (χ3n) is 7.06. The van der Waals surface area contributed by atoms with E-state index >= 15 is 8.78 Å². The van der Waals surface area contributed by atoms with E-state index < -0.39 is 86.1 Å². The number of ether oxygens (including phenoxy) is 2. The molecule has 21 nitrogen and oxygen atoms in total. The summed E-state index contributed by atoms with van der Waals surface area (Å²) in [5.74, 6) is -0.00818. The lowest BCUT2D eigenvalue weighted by Gasteiger charge is -2.26. The summed E-state index contributed by atoms with van der Waals surface area (Å²) in [6, 6.07) is 0. The number of aromatic nitrogens is 9. The Bertz CT molecular complexity index is 1960. The molecular weight excluding hydrogens is 643 g/mol. The van der Waals surface area contributed by atoms with Crippen LogP contribution in [0.5, 0.6) is 0 Å². The van der Waals surface area contributed by atoms with Crippen LogP contribution < -0.4 is 16.0 Å². The van der Waals surface area contributed by atoms with Gasteiger partial charge in [-0.15, -0.1) is 5.10 Å². The summed E-state index contributed by atoms with van der Waals surface area (Å²) in [5, 5.41) is 7.30. The number of alkyl halides is 2. The molecule has 0 amide bonds. The zero-order valence-corrected chi connectivity index (χ0v) is 23.4. The molecule has 25 heteroatoms. The number of nitrogens with two attached hydrogens (primary N) is 1. The van der Waals surface area contributed by atoms with E-state index in [0.717, 1.165) is 28.2 Å². The summed E-state index contributed by atoms with van der Waals surface area (Å²) >= 11 is 0. The minimum absolute atomic E-state index is 0.00818. The lowest BCUT2D eigenvalue weighted by Crippen LogP contribution is -2.45. The van der Waals surface area contributed by atoms with Crippen LogP contribution in [0.2, 0.25) is 0 Å². The van der Waals surface area contributed by atoms with Crippen molar-refractivity contribution in [1.82, 2.24) is 49.2 Å². The number of imidazole rings is 1. The lowest BCUT2D eigenvalue weighted by atomic mass is 10.1. The fourth-order valence-corrected chi connectivity index (χ4v) is 6.98. The van der Waals surface area contributed by atoms with Crippen LogP contribution in [0.25, 0.3) is 22.3 Å². The molecule has 9 atom stereocenters. The van der Waals surface area contributed by atoms with Gasteiger partial charge in [0, 0.05) is 6.54 Å². The van der Waals surface area contributed by atoms with Crippen molar-refractivity contribution in [3.8, 4) is 0 Å². The van der Waals surface area contributed by atoms with E-state index in [0.29, 0.717) is 0 Å². The van der Waals surface area contributed by atoms with Crippen molar-refractivity contribution in [3.63, 3.8) is 0 Å². The molecule has 7 rings (SSSR count). The predicted octanol–water partition coefficient (Wildman–Crippen LogP) is -1.86. The van der Waals surface area contributed by atoms with Crippen LogP contribution in [0, 0.1) is 0 Å². The van der Waals surface area contributed by atoms with Crippen LogP contribution in [-0.2, 0) is 37.6 Å². The number of nitrogens with one attached hydrogen (secondary N) is 2. The number of fused-ring (bicyclic) bond motifs is 4. The van der Waals surface area contributed by atoms with Gasteiger partial charge in [0.1, 0.15) is 36.3 Å². The molecule has 3 aliphatic rings. The zero-order chi connectivity index (χ0) is 31.0. The first kappa shape index (κ1) is 29.1. The highest BCUT2D eigenvalue weighted by molar-refractivity contribution is 7.84. The molecule has 7 heterocycles. The average molecular weight is 663 g/mol. The average Bonchev–Trinajstić information content (AvgIpc) is 3.73. The Balaban J connectivity index is 1.17. The number of anilines is 1. The van der Waals surface area contributed by atoms with Crippen molar-refractivity contribution >= 4 is 46.3 Å². The van der Waals surface area contributed by atoms with Crippen molar-refractivity contribution in [2.45, 2.75) is 49.2 Å². The molecule has 236 valence electrons. The van der Waals surface area contributed by atoms with E-state index in [1.807, 2.05) is 4.72 Å². The molecular formula is C19H20F2N11O10PS. The van der Waals surface area contributed by atoms with Crippen LogP contribution >= 0.6 is 7.82 Å². The minimum Gasteiger partial charge on any atom is -0.382 e. The van der Waals surface area contributed by atoms with E-state index in [9.17, 15) is 22.7 Å². The molecule has 3 aliphatic heterocycles. The fourth-order valence-electron chi connectivity index (χ4n) is 5.07. The normalized spacial score (nSPS) is 36.1. The maximum atomic E-state index is 15.8. The van der Waals surface area contributed by atoms with Gasteiger partial charge in [-0.2, -0.15) is 17.8 Å². The van der Waals surface area contributed by atoms with Gasteiger partial charge in [-0.05, 0) is 0 Å². The van der Waals surface area contributed by atoms with Gasteiger partial charge in [-0.3, -0.25) is 18.4 Å². The lowest BCUT2D eigenvalue weighted by molar-refractivity contribution is -0.0541. The van der Waals surface area contributed by atoms with Crippen LogP contribution in [0.15, 0.2) is 23.8 Å². The molecule has 0 aromatic carbocycles. The summed E-state index contributed by atoms with van der Waals surface area (Å²) in [6.07, 6.45) is -11.6. The number of hydrogen-bond donors (Lipinski definition) is 4. The van der Waals surface area contributed by atoms with Gasteiger partial charge in [0.2, 0.25) is 0 Å². The fraction of sp³-hybridized carbons (Fsp3) is 0.526. The number of H-pyrrole nitrogens is 1. The second-order valence-corrected chi connectivity index (χ2v) is 12.5. The van der Waals surface area contributed by atoms with Gasteiger partial charge in [-0.25, -0.2) is 37.5 Å². The molecule has 3 saturated heterocycles. The molecule has 0 bridgehead atoms. The van der Waals surface area contributed by atoms with Crippen LogP contribution in [-0.4, -0.2) is 108 Å². The van der Waals surface area contributed by atoms with Crippen molar-refractivity contribution in [1.29, 1.82) is 0 Å². The number of halogens is 2. The highest BCUT2D eigenvalue weighted by Crippen LogP contribution is 2.50. The topological polar surface area (TPSA) is 276 Å². The number of aromatic amines is 1. The Morgan fingerprint density at radius 1 is 1.05 bits per heavy atom. The van der Waals surface area contributed by atoms with E-state index in [-0.39, 0.29) is 28.1 Å². The number of nitrogens with zero attached hydrogens (tertiary/aromatic N) is 8. The molecule has 0 radical (unpaired) electrons. The molecule has 5 N–H and O–H groups in total. The Morgan fingerprint density at radius 2 is 1.82 bits per heavy atom. The number of rotatable bonds is 2. The molecule has 1 unspecified atom stereocenters. The van der Waals surface area contributed by atoms with Gasteiger partial charge in [0.25, 0.3) is 5.56 Å². The van der Waals surface area contributed by atoms with Crippen molar-refractivity contribution in [3.05, 3.63) is 29.3 Å². The van der Waals surface area contributed by atoms with E-state index in [1.54, 1.807) is 0 Å². The Morgan fingerprint density at radius 3 is 2.64 bits per heavy atom. The summed E-state index contributed by atoms with van der Waals surface area (Å²) in [7, 11) is -9.97. The highest BCUT2D eigenvalue weighted by Gasteiger charge is 2.54. The van der Waals surface area contributed by atoms with Crippen molar-refractivity contribution < 1.29 is 49.4 Å². The minimum atomic E-state index is -5.15. The highest BCUT2D eigenvalue weighted by atomic mass is 32.2. The van der Waals surface area contributed by atoms with Crippen LogP contribution in [0.1, 0.15) is 12.5 Å². The summed E-state index contributed by atoms with van der Waals surface area (Å²) in [5.41, 5.74) is 4.80. The Hall–Kier alpha value is -3.61. The third-order valence-corrected chi connectivity index (χ3v) is 9.04. The maximum Gasteiger partial charge on any atom is 0.472 e. The monoisotopic (exact) mass is 663 g/mol. The molecule has 0 saturated carbocycles. The van der Waals surface area contributed by atoms with Gasteiger partial charge >= 0.3 is 18.1 Å². The third kappa shape index (κ3) is 4.93. The van der Waals surface area contributed by atoms with Crippen LogP contribution in [0.3, 0.4) is 0 Å². The summed E-state index contributed by atoms with van der Waals surface area (Å²) in [4.78, 5) is 40.5. The number of phosphoric ester groups is 1. The van der Waals surface area contributed by atoms with Gasteiger partial charge in [0.15, 0.2) is 47.4 Å². The zero-order valence-electron chi connectivity index (χ0n) is 21.7. The molecule has 4 aromatic rings. The summed E-state index contributed by atoms with van der Waals surface area (Å²) in [6.45, 7) is -1.72. The quantitative estimate of drug-likeness (QED) is 0.171. The van der Waals surface area contributed by atoms with Gasteiger partial charge in [0.05, 0.1) is 19.3 Å². The number of hydrogen-bond acceptors (Lipinski definition) is 16. The van der Waals surface area contributed by atoms with Crippen LogP contribution in [0.4, 0.5) is 14.6 Å². The molecule has 3 fully saturated rings. The smallest absolute Gasteiger partial charge is 0.382 e. The van der Waals surface area contributed by atoms with Crippen molar-refractivity contribution in [2.75, 3.05) is 18.9 Å². The number of phosphoric acid groups is 1. The van der Waals surface area contributed by atoms with Crippen molar-refractivity contribution in [2.24, 2.45) is 0 Å². The Labute approximate surface area is 242 Å². The first-order valence-electron chi connectivity index (χ1n) is 12.6. The maximum absolute atomic E-state index is 15.8. The van der Waals surface area contributed by atoms with Gasteiger partial charge in [-0.1, -0.05) is 5.21 Å². The predicted molar refractivity (Wildman–Crippen MR) is 136 cm³/mol. The van der Waals surface area contributed by atoms with E-state index in [1.165, 1.54) is 0 Å². The molecule has 4 aromatic heterocycles. The number of nitrogen functional groups attached to an aromatic ring is 1. The van der Waals surface area contributed by atoms with E-state index in [4.69, 9.17) is 28.4 Å². The second-order valence-electron chi connectivity index (χ2n) is 9.74. The van der Waals surface area contributed by atoms with Gasteiger partial charge < -0.3 is 25.1 Å². The Kier molecular flexibility index (Phi) is 6.94. The first-order chi connectivity index (χ1) is 20.9. The SMILES string of the molecule is Nc1ncnc2c1ncn2[C@@H]1O[C@@H]2CNS(=O)(=O)O[C@H]3[C@H](F)[C@H](n4nnc5c(=O)[nH]cnc54)O[C@@H]3COP(=O)(O)O[C@H]2[C@H]1F.